The van der Waals surface area contributed by atoms with E-state index < -0.39 is 33.3 Å². The van der Waals surface area contributed by atoms with Crippen molar-refractivity contribution in [3.8, 4) is 17.3 Å². The number of carbonyl (C=O) groups excluding carboxylic acids is 2. The quantitative estimate of drug-likeness (QED) is 0.127. The standard InChI is InChI=1S/C28H28ClN9O7S/c1-15(2)14-45-28(41)35-27-34-25(33-26-32-24(36-38(26)27)21-4-3-11-44-21)31-10-9-16-5-7-17(8-6-16)37-46(42,43)18-12-19(23(30)40)22(39)20(29)13-18/h3-8,11-13,15,37,39H,9-10,14H2,1-2H3,(H2,30,40)(H2,31,32,33,34,35,36,41). The number of sulfonamides is 1. The molecule has 2 amide bonds. The molecule has 3 heterocycles. The van der Waals surface area contributed by atoms with Gasteiger partial charge < -0.3 is 25.3 Å². The molecule has 0 fully saturated rings. The van der Waals surface area contributed by atoms with Gasteiger partial charge in [-0.05, 0) is 54.3 Å². The van der Waals surface area contributed by atoms with Gasteiger partial charge in [0.25, 0.3) is 21.7 Å². The van der Waals surface area contributed by atoms with Crippen molar-refractivity contribution in [2.75, 3.05) is 28.5 Å². The maximum Gasteiger partial charge on any atom is 0.414 e. The van der Waals surface area contributed by atoms with Gasteiger partial charge in [0.2, 0.25) is 17.7 Å². The first-order chi connectivity index (χ1) is 21.9. The number of phenols is 1. The predicted octanol–water partition coefficient (Wildman–Crippen LogP) is 3.90. The van der Waals surface area contributed by atoms with Gasteiger partial charge in [0.05, 0.1) is 28.4 Å². The molecular formula is C28H28ClN9O7S. The van der Waals surface area contributed by atoms with E-state index in [4.69, 9.17) is 26.5 Å². The number of ether oxygens (including phenoxy) is 1. The molecule has 46 heavy (non-hydrogen) atoms. The van der Waals surface area contributed by atoms with Crippen LogP contribution in [0.3, 0.4) is 0 Å². The number of halogens is 1. The van der Waals surface area contributed by atoms with Gasteiger partial charge in [-0.1, -0.05) is 37.6 Å². The Labute approximate surface area is 267 Å². The van der Waals surface area contributed by atoms with Gasteiger partial charge in [-0.2, -0.15) is 19.5 Å². The van der Waals surface area contributed by atoms with Gasteiger partial charge in [0, 0.05) is 12.2 Å². The highest BCUT2D eigenvalue weighted by atomic mass is 35.5. The van der Waals surface area contributed by atoms with Crippen LogP contribution in [0.1, 0.15) is 29.8 Å². The molecule has 3 aromatic heterocycles. The lowest BCUT2D eigenvalue weighted by molar-refractivity contribution is 0.0997. The van der Waals surface area contributed by atoms with Crippen LogP contribution in [-0.4, -0.2) is 63.2 Å². The number of amides is 2. The van der Waals surface area contributed by atoms with Crippen LogP contribution in [0.5, 0.6) is 5.75 Å². The molecular weight excluding hydrogens is 642 g/mol. The van der Waals surface area contributed by atoms with Gasteiger partial charge in [0.1, 0.15) is 5.75 Å². The number of hydrogen-bond donors (Lipinski definition) is 5. The Hall–Kier alpha value is -5.42. The van der Waals surface area contributed by atoms with Crippen molar-refractivity contribution in [3.05, 3.63) is 70.9 Å². The van der Waals surface area contributed by atoms with Gasteiger partial charge in [-0.3, -0.25) is 14.8 Å². The van der Waals surface area contributed by atoms with Crippen LogP contribution in [0.2, 0.25) is 5.02 Å². The molecule has 0 atom stereocenters. The fraction of sp³-hybridized carbons (Fsp3) is 0.214. The summed E-state index contributed by atoms with van der Waals surface area (Å²) in [5.41, 5.74) is 5.88. The summed E-state index contributed by atoms with van der Waals surface area (Å²) < 4.78 is 40.1. The molecule has 0 bridgehead atoms. The number of rotatable bonds is 12. The lowest BCUT2D eigenvalue weighted by Crippen LogP contribution is -2.20. The summed E-state index contributed by atoms with van der Waals surface area (Å²) in [6.45, 7) is 4.39. The van der Waals surface area contributed by atoms with E-state index in [0.29, 0.717) is 18.7 Å². The van der Waals surface area contributed by atoms with E-state index in [1.165, 1.54) is 10.8 Å². The predicted molar refractivity (Wildman–Crippen MR) is 167 cm³/mol. The maximum absolute atomic E-state index is 12.9. The molecule has 2 aromatic carbocycles. The molecule has 0 saturated heterocycles. The third-order valence-corrected chi connectivity index (χ3v) is 7.88. The third-order valence-electron chi connectivity index (χ3n) is 6.23. The number of nitrogens with two attached hydrogens (primary N) is 1. The molecule has 18 heteroatoms. The summed E-state index contributed by atoms with van der Waals surface area (Å²) in [6, 6.07) is 11.9. The van der Waals surface area contributed by atoms with Crippen molar-refractivity contribution >= 4 is 57.0 Å². The first-order valence-electron chi connectivity index (χ1n) is 13.7. The van der Waals surface area contributed by atoms with E-state index >= 15 is 0 Å². The number of benzene rings is 2. The number of carbonyl (C=O) groups is 2. The lowest BCUT2D eigenvalue weighted by Gasteiger charge is -2.12. The van der Waals surface area contributed by atoms with Crippen molar-refractivity contribution in [2.24, 2.45) is 11.7 Å². The average Bonchev–Trinajstić information content (AvgIpc) is 3.69. The number of nitrogens with one attached hydrogen (secondary N) is 3. The maximum atomic E-state index is 12.9. The van der Waals surface area contributed by atoms with Gasteiger partial charge >= 0.3 is 6.09 Å². The zero-order valence-electron chi connectivity index (χ0n) is 24.4. The number of hydrogen-bond acceptors (Lipinski definition) is 12. The number of primary amides is 1. The van der Waals surface area contributed by atoms with E-state index in [9.17, 15) is 23.1 Å². The Kier molecular flexibility index (Phi) is 9.24. The number of aromatic nitrogens is 5. The Morgan fingerprint density at radius 2 is 1.89 bits per heavy atom. The molecule has 0 saturated carbocycles. The van der Waals surface area contributed by atoms with E-state index in [2.05, 4.69) is 35.4 Å². The molecule has 0 unspecified atom stereocenters. The zero-order valence-corrected chi connectivity index (χ0v) is 26.0. The van der Waals surface area contributed by atoms with Gasteiger partial charge in [-0.15, -0.1) is 5.10 Å². The minimum absolute atomic E-state index is 0.0288. The second-order valence-electron chi connectivity index (χ2n) is 10.3. The molecule has 0 radical (unpaired) electrons. The Morgan fingerprint density at radius 1 is 1.13 bits per heavy atom. The van der Waals surface area contributed by atoms with Crippen molar-refractivity contribution in [3.63, 3.8) is 0 Å². The molecule has 0 spiro atoms. The van der Waals surface area contributed by atoms with E-state index in [-0.39, 0.29) is 51.6 Å². The summed E-state index contributed by atoms with van der Waals surface area (Å²) in [5, 5.41) is 19.6. The highest BCUT2D eigenvalue weighted by molar-refractivity contribution is 7.92. The second kappa shape index (κ2) is 13.3. The van der Waals surface area contributed by atoms with E-state index in [0.717, 1.165) is 17.7 Å². The number of fused-ring (bicyclic) bond motifs is 1. The summed E-state index contributed by atoms with van der Waals surface area (Å²) in [4.78, 5) is 36.8. The van der Waals surface area contributed by atoms with Crippen LogP contribution in [0.25, 0.3) is 17.4 Å². The van der Waals surface area contributed by atoms with E-state index in [1.807, 2.05) is 13.8 Å². The highest BCUT2D eigenvalue weighted by Gasteiger charge is 2.22. The molecule has 0 aliphatic rings. The summed E-state index contributed by atoms with van der Waals surface area (Å²) in [5.74, 6) is -0.510. The lowest BCUT2D eigenvalue weighted by atomic mass is 10.1. The largest absolute Gasteiger partial charge is 0.506 e. The van der Waals surface area contributed by atoms with Crippen molar-refractivity contribution in [2.45, 2.75) is 25.2 Å². The number of nitrogens with zero attached hydrogens (tertiary/aromatic N) is 5. The Bertz CT molecular complexity index is 2000. The van der Waals surface area contributed by atoms with Crippen LogP contribution in [-0.2, 0) is 21.2 Å². The summed E-state index contributed by atoms with van der Waals surface area (Å²) in [6.07, 6.45) is 1.25. The van der Waals surface area contributed by atoms with Crippen LogP contribution in [0.15, 0.2) is 64.1 Å². The van der Waals surface area contributed by atoms with E-state index in [1.54, 1.807) is 36.4 Å². The Morgan fingerprint density at radius 3 is 2.57 bits per heavy atom. The van der Waals surface area contributed by atoms with Gasteiger partial charge in [-0.25, -0.2) is 13.2 Å². The smallest absolute Gasteiger partial charge is 0.414 e. The van der Waals surface area contributed by atoms with Crippen molar-refractivity contribution in [1.29, 1.82) is 0 Å². The monoisotopic (exact) mass is 669 g/mol. The molecule has 5 rings (SSSR count). The fourth-order valence-electron chi connectivity index (χ4n) is 4.01. The fourth-order valence-corrected chi connectivity index (χ4v) is 5.41. The van der Waals surface area contributed by atoms with Crippen molar-refractivity contribution in [1.82, 2.24) is 24.6 Å². The van der Waals surface area contributed by atoms with Crippen LogP contribution in [0, 0.1) is 5.92 Å². The van der Waals surface area contributed by atoms with Crippen molar-refractivity contribution < 1.29 is 32.3 Å². The SMILES string of the molecule is CC(C)COC(=O)Nc1nc(NCCc2ccc(NS(=O)(=O)c3cc(Cl)c(O)c(C(N)=O)c3)cc2)nc2nc(-c3ccco3)nn12. The second-order valence-corrected chi connectivity index (χ2v) is 12.3. The molecule has 5 aromatic rings. The molecule has 0 aliphatic carbocycles. The number of furan rings is 1. The Balaban J connectivity index is 1.27. The first-order valence-corrected chi connectivity index (χ1v) is 15.6. The molecule has 240 valence electrons. The van der Waals surface area contributed by atoms with Crippen LogP contribution >= 0.6 is 11.6 Å². The van der Waals surface area contributed by atoms with Gasteiger partial charge in [0.15, 0.2) is 5.76 Å². The molecule has 6 N–H and O–H groups in total. The minimum Gasteiger partial charge on any atom is -0.506 e. The molecule has 0 aliphatic heterocycles. The topological polar surface area (TPSA) is 229 Å². The minimum atomic E-state index is -4.17. The summed E-state index contributed by atoms with van der Waals surface area (Å²) >= 11 is 5.89. The number of aromatic hydroxyl groups is 1. The zero-order chi connectivity index (χ0) is 33.0. The van der Waals surface area contributed by atoms with Crippen LogP contribution in [0.4, 0.5) is 22.4 Å². The average molecular weight is 670 g/mol. The third kappa shape index (κ3) is 7.44. The summed E-state index contributed by atoms with van der Waals surface area (Å²) in [7, 11) is -4.17. The first kappa shape index (κ1) is 32.0. The van der Waals surface area contributed by atoms with Crippen LogP contribution < -0.4 is 21.1 Å². The number of anilines is 3. The normalized spacial score (nSPS) is 11.5. The molecule has 16 nitrogen and oxygen atoms in total. The highest BCUT2D eigenvalue weighted by Crippen LogP contribution is 2.31.